The number of carbonyl (C=O) groups excluding carboxylic acids is 1. The minimum atomic E-state index is 0. The second-order valence-electron chi connectivity index (χ2n) is 7.74. The van der Waals surface area contributed by atoms with Crippen LogP contribution in [0.5, 0.6) is 0 Å². The first kappa shape index (κ1) is 22.5. The number of guanidine groups is 1. The quantitative estimate of drug-likeness (QED) is 0.373. The van der Waals surface area contributed by atoms with Crippen LogP contribution in [0.25, 0.3) is 0 Å². The molecule has 6 heteroatoms. The molecule has 1 aliphatic heterocycles. The molecule has 1 amide bonds. The van der Waals surface area contributed by atoms with Gasteiger partial charge in [0.05, 0.1) is 6.54 Å². The van der Waals surface area contributed by atoms with Crippen LogP contribution in [0.3, 0.4) is 0 Å². The number of likely N-dealkylation sites (tertiary alicyclic amines) is 1. The van der Waals surface area contributed by atoms with Gasteiger partial charge in [0.1, 0.15) is 0 Å². The number of piperidine rings is 1. The Morgan fingerprint density at radius 1 is 1.12 bits per heavy atom. The van der Waals surface area contributed by atoms with Gasteiger partial charge in [0.25, 0.3) is 0 Å². The van der Waals surface area contributed by atoms with Gasteiger partial charge in [-0.05, 0) is 38.0 Å². The molecule has 0 radical (unpaired) electrons. The van der Waals surface area contributed by atoms with E-state index in [0.29, 0.717) is 30.8 Å². The van der Waals surface area contributed by atoms with E-state index in [9.17, 15) is 4.79 Å². The van der Waals surface area contributed by atoms with Crippen molar-refractivity contribution in [1.82, 2.24) is 15.5 Å². The van der Waals surface area contributed by atoms with Gasteiger partial charge in [-0.15, -0.1) is 24.0 Å². The van der Waals surface area contributed by atoms with Crippen LogP contribution in [0.15, 0.2) is 4.99 Å². The average molecular weight is 464 g/mol. The van der Waals surface area contributed by atoms with Crippen molar-refractivity contribution in [2.45, 2.75) is 71.8 Å². The van der Waals surface area contributed by atoms with E-state index in [1.165, 1.54) is 25.7 Å². The Bertz CT molecular complexity index is 414. The number of hydrogen-bond acceptors (Lipinski definition) is 2. The van der Waals surface area contributed by atoms with E-state index in [1.54, 1.807) is 0 Å². The summed E-state index contributed by atoms with van der Waals surface area (Å²) in [6, 6.07) is 0.396. The van der Waals surface area contributed by atoms with E-state index in [-0.39, 0.29) is 29.9 Å². The third-order valence-electron chi connectivity index (χ3n) is 5.07. The molecule has 146 valence electrons. The highest BCUT2D eigenvalue weighted by molar-refractivity contribution is 14.0. The topological polar surface area (TPSA) is 56.7 Å². The standard InChI is InChI=1S/C19H36N4O.HI/c1-4-20-19(23-13-15(2)12-16(3)14-23)21-11-10-18(24)22-17-8-6-5-7-9-17;/h15-17H,4-14H2,1-3H3,(H,20,21)(H,22,24);1H. The van der Waals surface area contributed by atoms with Gasteiger partial charge in [-0.2, -0.15) is 0 Å². The largest absolute Gasteiger partial charge is 0.357 e. The van der Waals surface area contributed by atoms with Crippen molar-refractivity contribution < 1.29 is 4.79 Å². The molecule has 2 unspecified atom stereocenters. The lowest BCUT2D eigenvalue weighted by Crippen LogP contribution is -2.48. The molecule has 2 rings (SSSR count). The number of nitrogens with one attached hydrogen (secondary N) is 2. The van der Waals surface area contributed by atoms with Gasteiger partial charge in [0, 0.05) is 32.1 Å². The highest BCUT2D eigenvalue weighted by Crippen LogP contribution is 2.21. The van der Waals surface area contributed by atoms with Crippen molar-refractivity contribution >= 4 is 35.8 Å². The van der Waals surface area contributed by atoms with Crippen LogP contribution in [0.4, 0.5) is 0 Å². The Kier molecular flexibility index (Phi) is 10.8. The summed E-state index contributed by atoms with van der Waals surface area (Å²) in [5.41, 5.74) is 0. The smallest absolute Gasteiger partial charge is 0.222 e. The lowest BCUT2D eigenvalue weighted by molar-refractivity contribution is -0.121. The summed E-state index contributed by atoms with van der Waals surface area (Å²) in [5, 5.41) is 6.57. The maximum atomic E-state index is 12.1. The molecular formula is C19H37IN4O. The van der Waals surface area contributed by atoms with E-state index in [4.69, 9.17) is 4.99 Å². The van der Waals surface area contributed by atoms with Gasteiger partial charge in [-0.3, -0.25) is 9.79 Å². The van der Waals surface area contributed by atoms with Crippen LogP contribution in [0, 0.1) is 11.8 Å². The Hall–Kier alpha value is -0.530. The molecule has 1 saturated heterocycles. The molecule has 1 aliphatic carbocycles. The molecule has 2 fully saturated rings. The molecule has 25 heavy (non-hydrogen) atoms. The molecule has 1 heterocycles. The third kappa shape index (κ3) is 8.13. The van der Waals surface area contributed by atoms with E-state index in [1.807, 2.05) is 0 Å². The van der Waals surface area contributed by atoms with Crippen molar-refractivity contribution in [3.05, 3.63) is 0 Å². The Morgan fingerprint density at radius 2 is 1.76 bits per heavy atom. The van der Waals surface area contributed by atoms with Gasteiger partial charge >= 0.3 is 0 Å². The summed E-state index contributed by atoms with van der Waals surface area (Å²) in [6.45, 7) is 10.3. The zero-order chi connectivity index (χ0) is 17.4. The predicted octanol–water partition coefficient (Wildman–Crippen LogP) is 3.39. The monoisotopic (exact) mass is 464 g/mol. The summed E-state index contributed by atoms with van der Waals surface area (Å²) >= 11 is 0. The summed E-state index contributed by atoms with van der Waals surface area (Å²) in [5.74, 6) is 2.53. The van der Waals surface area contributed by atoms with Gasteiger partial charge in [0.2, 0.25) is 5.91 Å². The Labute approximate surface area is 170 Å². The van der Waals surface area contributed by atoms with Crippen molar-refractivity contribution in [3.8, 4) is 0 Å². The van der Waals surface area contributed by atoms with Crippen molar-refractivity contribution in [1.29, 1.82) is 0 Å². The van der Waals surface area contributed by atoms with E-state index in [2.05, 4.69) is 36.3 Å². The molecule has 2 atom stereocenters. The number of amides is 1. The zero-order valence-corrected chi connectivity index (χ0v) is 18.6. The summed E-state index contributed by atoms with van der Waals surface area (Å²) in [4.78, 5) is 19.2. The molecule has 0 spiro atoms. The molecule has 0 aromatic carbocycles. The number of nitrogens with zero attached hydrogens (tertiary/aromatic N) is 2. The van der Waals surface area contributed by atoms with E-state index >= 15 is 0 Å². The van der Waals surface area contributed by atoms with Gasteiger partial charge < -0.3 is 15.5 Å². The fourth-order valence-corrected chi connectivity index (χ4v) is 4.07. The lowest BCUT2D eigenvalue weighted by atomic mass is 9.92. The van der Waals surface area contributed by atoms with Crippen LogP contribution in [0.1, 0.15) is 65.7 Å². The fraction of sp³-hybridized carbons (Fsp3) is 0.895. The number of rotatable bonds is 5. The van der Waals surface area contributed by atoms with Crippen molar-refractivity contribution in [3.63, 3.8) is 0 Å². The first-order valence-corrected chi connectivity index (χ1v) is 9.91. The van der Waals surface area contributed by atoms with Crippen LogP contribution in [-0.2, 0) is 4.79 Å². The molecule has 0 bridgehead atoms. The minimum Gasteiger partial charge on any atom is -0.357 e. The van der Waals surface area contributed by atoms with Crippen molar-refractivity contribution in [2.75, 3.05) is 26.2 Å². The molecule has 2 aliphatic rings. The maximum absolute atomic E-state index is 12.1. The maximum Gasteiger partial charge on any atom is 0.222 e. The second kappa shape index (κ2) is 12.0. The number of hydrogen-bond donors (Lipinski definition) is 2. The van der Waals surface area contributed by atoms with Gasteiger partial charge in [0.15, 0.2) is 5.96 Å². The highest BCUT2D eigenvalue weighted by atomic mass is 127. The number of aliphatic imine (C=N–C) groups is 1. The highest BCUT2D eigenvalue weighted by Gasteiger charge is 2.24. The van der Waals surface area contributed by atoms with Gasteiger partial charge in [-0.1, -0.05) is 33.1 Å². The molecule has 5 nitrogen and oxygen atoms in total. The molecule has 0 aromatic rings. The van der Waals surface area contributed by atoms with E-state index < -0.39 is 0 Å². The van der Waals surface area contributed by atoms with E-state index in [0.717, 1.165) is 38.4 Å². The summed E-state index contributed by atoms with van der Waals surface area (Å²) in [6.07, 6.45) is 7.87. The second-order valence-corrected chi connectivity index (χ2v) is 7.74. The molecular weight excluding hydrogens is 427 g/mol. The first-order valence-electron chi connectivity index (χ1n) is 9.91. The van der Waals surface area contributed by atoms with Crippen LogP contribution in [-0.4, -0.2) is 49.0 Å². The molecule has 1 saturated carbocycles. The Balaban J connectivity index is 0.00000312. The predicted molar refractivity (Wildman–Crippen MR) is 116 cm³/mol. The first-order chi connectivity index (χ1) is 11.6. The number of carbonyl (C=O) groups is 1. The SMILES string of the molecule is CCNC(=NCCC(=O)NC1CCCCC1)N1CC(C)CC(C)C1.I. The summed E-state index contributed by atoms with van der Waals surface area (Å²) in [7, 11) is 0. The zero-order valence-electron chi connectivity index (χ0n) is 16.2. The van der Waals surface area contributed by atoms with Crippen molar-refractivity contribution in [2.24, 2.45) is 16.8 Å². The lowest BCUT2D eigenvalue weighted by Gasteiger charge is -2.37. The van der Waals surface area contributed by atoms with Crippen LogP contribution in [0.2, 0.25) is 0 Å². The van der Waals surface area contributed by atoms with Crippen LogP contribution >= 0.6 is 24.0 Å². The Morgan fingerprint density at radius 3 is 2.36 bits per heavy atom. The van der Waals surface area contributed by atoms with Gasteiger partial charge in [-0.25, -0.2) is 0 Å². The molecule has 0 aromatic heterocycles. The fourth-order valence-electron chi connectivity index (χ4n) is 4.07. The number of halogens is 1. The average Bonchev–Trinajstić information content (AvgIpc) is 2.54. The molecule has 2 N–H and O–H groups in total. The third-order valence-corrected chi connectivity index (χ3v) is 5.07. The van der Waals surface area contributed by atoms with Crippen LogP contribution < -0.4 is 10.6 Å². The summed E-state index contributed by atoms with van der Waals surface area (Å²) < 4.78 is 0. The normalized spacial score (nSPS) is 25.2. The minimum absolute atomic E-state index is 0.